The Bertz CT molecular complexity index is 1460. The number of likely N-dealkylation sites (tertiary alicyclic amines) is 1. The summed E-state index contributed by atoms with van der Waals surface area (Å²) in [5, 5.41) is 2.68. The van der Waals surface area contributed by atoms with Crippen LogP contribution in [-0.4, -0.2) is 59.2 Å². The van der Waals surface area contributed by atoms with E-state index in [4.69, 9.17) is 9.72 Å². The van der Waals surface area contributed by atoms with Crippen LogP contribution in [-0.2, 0) is 0 Å². The second kappa shape index (κ2) is 9.21. The molecule has 0 amide bonds. The van der Waals surface area contributed by atoms with Gasteiger partial charge in [-0.2, -0.15) is 9.97 Å². The predicted molar refractivity (Wildman–Crippen MR) is 144 cm³/mol. The summed E-state index contributed by atoms with van der Waals surface area (Å²) in [5.74, 6) is 1.69. The molecule has 1 saturated carbocycles. The smallest absolute Gasteiger partial charge is 0.319 e. The lowest BCUT2D eigenvalue weighted by Crippen LogP contribution is -2.37. The number of piperidine rings is 1. The van der Waals surface area contributed by atoms with Crippen molar-refractivity contribution in [2.45, 2.75) is 38.1 Å². The molecule has 2 bridgehead atoms. The number of halogens is 1. The summed E-state index contributed by atoms with van der Waals surface area (Å²) in [6, 6.07) is 14.5. The van der Waals surface area contributed by atoms with Crippen molar-refractivity contribution >= 4 is 27.5 Å². The molecule has 4 aromatic rings. The maximum absolute atomic E-state index is 16.3. The monoisotopic (exact) mass is 497 g/mol. The largest absolute Gasteiger partial charge is 0.462 e. The number of pyridine rings is 1. The topological polar surface area (TPSA) is 54.4 Å². The van der Waals surface area contributed by atoms with Gasteiger partial charge in [0.15, 0.2) is 5.82 Å². The van der Waals surface area contributed by atoms with Gasteiger partial charge in [0.2, 0.25) is 0 Å². The third-order valence-corrected chi connectivity index (χ3v) is 8.67. The summed E-state index contributed by atoms with van der Waals surface area (Å²) in [5.41, 5.74) is 1.37. The summed E-state index contributed by atoms with van der Waals surface area (Å²) < 4.78 is 22.5. The number of rotatable bonds is 5. The minimum absolute atomic E-state index is 0.259. The Morgan fingerprint density at radius 2 is 1.78 bits per heavy atom. The fraction of sp³-hybridized carbons (Fsp3) is 0.433. The minimum Gasteiger partial charge on any atom is -0.462 e. The van der Waals surface area contributed by atoms with Gasteiger partial charge in [-0.05, 0) is 68.3 Å². The second-order valence-corrected chi connectivity index (χ2v) is 11.1. The molecule has 3 atom stereocenters. The first-order chi connectivity index (χ1) is 18.1. The Hall–Kier alpha value is -3.32. The lowest BCUT2D eigenvalue weighted by molar-refractivity contribution is 0.188. The molecular weight excluding hydrogens is 465 g/mol. The summed E-state index contributed by atoms with van der Waals surface area (Å²) in [7, 11) is 2.12. The van der Waals surface area contributed by atoms with Crippen molar-refractivity contribution in [1.82, 2.24) is 19.9 Å². The van der Waals surface area contributed by atoms with Gasteiger partial charge < -0.3 is 14.5 Å². The van der Waals surface area contributed by atoms with Crippen molar-refractivity contribution in [2.75, 3.05) is 38.2 Å². The number of anilines is 1. The molecule has 7 rings (SSSR count). The predicted octanol–water partition coefficient (Wildman–Crippen LogP) is 5.69. The molecule has 4 heterocycles. The Balaban J connectivity index is 1.34. The van der Waals surface area contributed by atoms with E-state index >= 15 is 4.39 Å². The van der Waals surface area contributed by atoms with Crippen LogP contribution in [0.15, 0.2) is 48.7 Å². The molecule has 2 saturated heterocycles. The summed E-state index contributed by atoms with van der Waals surface area (Å²) in [6.07, 6.45) is 7.83. The molecule has 6 nitrogen and oxygen atoms in total. The van der Waals surface area contributed by atoms with Crippen LogP contribution in [0.2, 0.25) is 0 Å². The quantitative estimate of drug-likeness (QED) is 0.353. The standard InChI is InChI=1S/C30H32FN5O/c1-35-13-5-8-22(35)18-37-30-33-28-25(29(34-30)36-16-19-11-12-20(14-19)17-36)15-32-27(26(28)31)24-10-4-7-21-6-2-3-9-23(21)24/h2-4,6-7,9-10,15,19-20,22H,5,8,11-14,16-18H2,1H3/t19?,20?,22-/m0/s1. The molecular formula is C30H32FN5O. The van der Waals surface area contributed by atoms with E-state index in [2.05, 4.69) is 26.8 Å². The molecule has 0 N–H and O–H groups in total. The van der Waals surface area contributed by atoms with Crippen LogP contribution in [0.25, 0.3) is 32.9 Å². The van der Waals surface area contributed by atoms with Crippen LogP contribution in [0.1, 0.15) is 32.1 Å². The zero-order valence-corrected chi connectivity index (χ0v) is 21.2. The van der Waals surface area contributed by atoms with Crippen LogP contribution in [0.4, 0.5) is 10.2 Å². The number of likely N-dealkylation sites (N-methyl/N-ethyl adjacent to an activating group) is 1. The van der Waals surface area contributed by atoms with E-state index in [-0.39, 0.29) is 11.5 Å². The van der Waals surface area contributed by atoms with E-state index in [1.807, 2.05) is 42.5 Å². The molecule has 37 heavy (non-hydrogen) atoms. The third kappa shape index (κ3) is 4.09. The summed E-state index contributed by atoms with van der Waals surface area (Å²) in [4.78, 5) is 18.8. The average Bonchev–Trinajstić information content (AvgIpc) is 3.50. The van der Waals surface area contributed by atoms with E-state index in [9.17, 15) is 0 Å². The van der Waals surface area contributed by atoms with E-state index in [0.717, 1.165) is 48.2 Å². The van der Waals surface area contributed by atoms with Crippen molar-refractivity contribution in [3.8, 4) is 17.3 Å². The van der Waals surface area contributed by atoms with Crippen molar-refractivity contribution in [3.05, 3.63) is 54.5 Å². The number of fused-ring (bicyclic) bond motifs is 4. The average molecular weight is 498 g/mol. The van der Waals surface area contributed by atoms with Crippen LogP contribution in [0, 0.1) is 17.7 Å². The molecule has 2 aromatic carbocycles. The third-order valence-electron chi connectivity index (χ3n) is 8.67. The molecule has 190 valence electrons. The van der Waals surface area contributed by atoms with Crippen LogP contribution >= 0.6 is 0 Å². The Morgan fingerprint density at radius 3 is 2.59 bits per heavy atom. The lowest BCUT2D eigenvalue weighted by atomic mass is 9.98. The van der Waals surface area contributed by atoms with Crippen LogP contribution in [0.5, 0.6) is 6.01 Å². The molecule has 3 aliphatic rings. The molecule has 2 aromatic heterocycles. The Morgan fingerprint density at radius 1 is 0.973 bits per heavy atom. The van der Waals surface area contributed by atoms with Crippen molar-refractivity contribution < 1.29 is 9.13 Å². The SMILES string of the molecule is CN1CCC[C@H]1COc1nc(N2CC3CCC(C3)C2)c2cnc(-c3cccc4ccccc34)c(F)c2n1. The Labute approximate surface area is 216 Å². The first-order valence-corrected chi connectivity index (χ1v) is 13.6. The maximum Gasteiger partial charge on any atom is 0.319 e. The zero-order chi connectivity index (χ0) is 24.9. The lowest BCUT2D eigenvalue weighted by Gasteiger charge is -2.33. The number of hydrogen-bond acceptors (Lipinski definition) is 6. The fourth-order valence-corrected chi connectivity index (χ4v) is 6.69. The second-order valence-electron chi connectivity index (χ2n) is 11.1. The van der Waals surface area contributed by atoms with Gasteiger partial charge in [0.05, 0.1) is 5.39 Å². The summed E-state index contributed by atoms with van der Waals surface area (Å²) >= 11 is 0. The first kappa shape index (κ1) is 22.8. The van der Waals surface area contributed by atoms with Gasteiger partial charge in [0.25, 0.3) is 0 Å². The van der Waals surface area contributed by atoms with Crippen molar-refractivity contribution in [2.24, 2.45) is 11.8 Å². The summed E-state index contributed by atoms with van der Waals surface area (Å²) in [6.45, 7) is 3.47. The number of nitrogens with zero attached hydrogens (tertiary/aromatic N) is 5. The first-order valence-electron chi connectivity index (χ1n) is 13.6. The van der Waals surface area contributed by atoms with Gasteiger partial charge in [-0.15, -0.1) is 0 Å². The van der Waals surface area contributed by atoms with E-state index < -0.39 is 5.82 Å². The molecule has 1 aliphatic carbocycles. The molecule has 0 spiro atoms. The maximum atomic E-state index is 16.3. The van der Waals surface area contributed by atoms with Gasteiger partial charge >= 0.3 is 6.01 Å². The van der Waals surface area contributed by atoms with E-state index in [1.54, 1.807) is 6.20 Å². The molecule has 7 heteroatoms. The number of benzene rings is 2. The minimum atomic E-state index is -0.416. The van der Waals surface area contributed by atoms with Crippen LogP contribution < -0.4 is 9.64 Å². The Kier molecular flexibility index (Phi) is 5.69. The van der Waals surface area contributed by atoms with Crippen molar-refractivity contribution in [1.29, 1.82) is 0 Å². The van der Waals surface area contributed by atoms with Gasteiger partial charge in [-0.3, -0.25) is 4.98 Å². The number of hydrogen-bond donors (Lipinski definition) is 0. The highest BCUT2D eigenvalue weighted by molar-refractivity contribution is 5.99. The van der Waals surface area contributed by atoms with Gasteiger partial charge in [0.1, 0.15) is 23.6 Å². The molecule has 0 radical (unpaired) electrons. The highest BCUT2D eigenvalue weighted by Crippen LogP contribution is 2.40. The van der Waals surface area contributed by atoms with Crippen LogP contribution in [0.3, 0.4) is 0 Å². The van der Waals surface area contributed by atoms with E-state index in [1.165, 1.54) is 25.7 Å². The number of ether oxygens (including phenoxy) is 1. The van der Waals surface area contributed by atoms with E-state index in [0.29, 0.717) is 35.6 Å². The van der Waals surface area contributed by atoms with Crippen molar-refractivity contribution in [3.63, 3.8) is 0 Å². The van der Waals surface area contributed by atoms with Gasteiger partial charge in [-0.1, -0.05) is 42.5 Å². The number of aromatic nitrogens is 3. The molecule has 3 fully saturated rings. The van der Waals surface area contributed by atoms with Gasteiger partial charge in [-0.25, -0.2) is 4.39 Å². The highest BCUT2D eigenvalue weighted by Gasteiger charge is 2.35. The normalized spacial score (nSPS) is 23.8. The van der Waals surface area contributed by atoms with Gasteiger partial charge in [0, 0.05) is 30.9 Å². The zero-order valence-electron chi connectivity index (χ0n) is 21.2. The highest BCUT2D eigenvalue weighted by atomic mass is 19.1. The fourth-order valence-electron chi connectivity index (χ4n) is 6.69. The molecule has 2 aliphatic heterocycles. The molecule has 2 unspecified atom stereocenters.